The first-order chi connectivity index (χ1) is 21.6. The fourth-order valence-electron chi connectivity index (χ4n) is 7.15. The number of carbonyl (C=O) groups excluding carboxylic acids is 4. The summed E-state index contributed by atoms with van der Waals surface area (Å²) in [5.74, 6) is -1.44. The first-order valence-corrected chi connectivity index (χ1v) is 17.1. The van der Waals surface area contributed by atoms with Crippen LogP contribution in [0.25, 0.3) is 10.8 Å². The Kier molecular flexibility index (Phi) is 8.88. The Bertz CT molecular complexity index is 1700. The summed E-state index contributed by atoms with van der Waals surface area (Å²) in [6.45, 7) is 5.60. The molecule has 0 saturated carbocycles. The van der Waals surface area contributed by atoms with Crippen molar-refractivity contribution >= 4 is 51.1 Å². The number of piperidine rings is 2. The number of aryl methyl sites for hydroxylation is 1. The Labute approximate surface area is 266 Å². The molecule has 3 N–H and O–H groups in total. The number of hydrogen-bond donors (Lipinski definition) is 3. The van der Waals surface area contributed by atoms with Crippen LogP contribution >= 0.6 is 0 Å². The second-order valence-electron chi connectivity index (χ2n) is 13.0. The van der Waals surface area contributed by atoms with E-state index in [-0.39, 0.29) is 35.6 Å². The second kappa shape index (κ2) is 12.8. The fourth-order valence-corrected chi connectivity index (χ4v) is 8.74. The molecule has 2 aliphatic heterocycles. The van der Waals surface area contributed by atoms with Crippen LogP contribution in [0, 0.1) is 5.92 Å². The summed E-state index contributed by atoms with van der Waals surface area (Å²) in [5, 5.41) is 10.1. The van der Waals surface area contributed by atoms with E-state index < -0.39 is 22.8 Å². The number of hydrogen-bond acceptors (Lipinski definition) is 5. The highest BCUT2D eigenvalue weighted by Crippen LogP contribution is 2.45. The number of Topliss-reactive ketones (excluding diaryl/α,β-unsaturated/α-hetero) is 1. The number of ketones is 1. The molecule has 3 aromatic rings. The zero-order chi connectivity index (χ0) is 31.7. The van der Waals surface area contributed by atoms with Crippen molar-refractivity contribution < 1.29 is 23.4 Å². The maximum absolute atomic E-state index is 13.4. The minimum Gasteiger partial charge on any atom is -0.338 e. The molecule has 6 rings (SSSR count). The second-order valence-corrected chi connectivity index (χ2v) is 14.3. The van der Waals surface area contributed by atoms with Gasteiger partial charge in [-0.2, -0.15) is 0 Å². The third kappa shape index (κ3) is 6.44. The molecular formula is C35H40N4O5S. The van der Waals surface area contributed by atoms with Gasteiger partial charge >= 0.3 is 6.03 Å². The molecule has 0 radical (unpaired) electrons. The van der Waals surface area contributed by atoms with Crippen molar-refractivity contribution in [3.8, 4) is 0 Å². The third-order valence-electron chi connectivity index (χ3n) is 9.43. The summed E-state index contributed by atoms with van der Waals surface area (Å²) in [6.07, 6.45) is 5.26. The van der Waals surface area contributed by atoms with Gasteiger partial charge < -0.3 is 10.6 Å². The first-order valence-electron chi connectivity index (χ1n) is 15.8. The molecule has 3 aliphatic rings. The number of nitrogens with zero attached hydrogens (tertiary/aromatic N) is 1. The van der Waals surface area contributed by atoms with E-state index >= 15 is 0 Å². The van der Waals surface area contributed by atoms with Gasteiger partial charge in [-0.25, -0.2) is 13.3 Å². The topological polar surface area (TPSA) is 125 Å². The van der Waals surface area contributed by atoms with Crippen LogP contribution in [0.1, 0.15) is 85.3 Å². The molecule has 2 saturated heterocycles. The number of imide groups is 1. The molecule has 9 nitrogen and oxygen atoms in total. The van der Waals surface area contributed by atoms with Gasteiger partial charge in [-0.05, 0) is 85.5 Å². The lowest BCUT2D eigenvalue weighted by Crippen LogP contribution is -2.48. The quantitative estimate of drug-likeness (QED) is 0.218. The Hall–Kier alpha value is -3.89. The van der Waals surface area contributed by atoms with E-state index in [9.17, 15) is 23.4 Å². The highest BCUT2D eigenvalue weighted by Gasteiger charge is 2.43. The molecule has 10 heteroatoms. The van der Waals surface area contributed by atoms with Gasteiger partial charge in [-0.1, -0.05) is 48.9 Å². The normalized spacial score (nSPS) is 21.9. The van der Waals surface area contributed by atoms with E-state index in [1.165, 1.54) is 0 Å². The summed E-state index contributed by atoms with van der Waals surface area (Å²) < 4.78 is 15.2. The molecule has 2 fully saturated rings. The molecule has 3 aromatic carbocycles. The van der Waals surface area contributed by atoms with Crippen LogP contribution in [0.2, 0.25) is 0 Å². The molecule has 0 spiro atoms. The highest BCUT2D eigenvalue weighted by atomic mass is 32.2. The van der Waals surface area contributed by atoms with E-state index in [4.69, 9.17) is 0 Å². The Morgan fingerprint density at radius 1 is 1.07 bits per heavy atom. The van der Waals surface area contributed by atoms with Crippen LogP contribution in [0.5, 0.6) is 0 Å². The highest BCUT2D eigenvalue weighted by molar-refractivity contribution is 7.81. The molecular weight excluding hydrogens is 588 g/mol. The van der Waals surface area contributed by atoms with Crippen molar-refractivity contribution in [2.75, 3.05) is 18.4 Å². The average Bonchev–Trinajstić information content (AvgIpc) is 3.28. The summed E-state index contributed by atoms with van der Waals surface area (Å²) in [7, 11) is -1.13. The average molecular weight is 629 g/mol. The zero-order valence-corrected chi connectivity index (χ0v) is 26.6. The Morgan fingerprint density at radius 2 is 1.89 bits per heavy atom. The van der Waals surface area contributed by atoms with Crippen LogP contribution in [0.15, 0.2) is 54.6 Å². The number of urea groups is 1. The largest absolute Gasteiger partial charge is 0.338 e. The van der Waals surface area contributed by atoms with Crippen molar-refractivity contribution in [2.24, 2.45) is 5.92 Å². The van der Waals surface area contributed by atoms with Gasteiger partial charge in [0.05, 0.1) is 28.6 Å². The molecule has 1 aliphatic carbocycles. The van der Waals surface area contributed by atoms with Gasteiger partial charge in [0.1, 0.15) is 0 Å². The molecule has 0 aromatic heterocycles. The SMILES string of the molecule is CC1(C)CCCCN1S(=O)Cc1cccc(NC(=O)NCCCc2ccc3c4c(cccc24)C(C2CCC(=O)NC2=O)C3=O)c1. The van der Waals surface area contributed by atoms with Gasteiger partial charge in [-0.15, -0.1) is 0 Å². The molecule has 2 heterocycles. The van der Waals surface area contributed by atoms with Crippen LogP contribution in [-0.4, -0.2) is 50.8 Å². The van der Waals surface area contributed by atoms with Gasteiger partial charge in [0.2, 0.25) is 11.8 Å². The molecule has 4 amide bonds. The number of carbonyl (C=O) groups is 4. The molecule has 45 heavy (non-hydrogen) atoms. The number of anilines is 1. The van der Waals surface area contributed by atoms with Gasteiger partial charge in [0, 0.05) is 36.3 Å². The number of amides is 4. The van der Waals surface area contributed by atoms with E-state index in [1.807, 2.05) is 54.6 Å². The zero-order valence-electron chi connectivity index (χ0n) is 25.8. The smallest absolute Gasteiger partial charge is 0.319 e. The van der Waals surface area contributed by atoms with Crippen LogP contribution in [0.3, 0.4) is 0 Å². The van der Waals surface area contributed by atoms with E-state index in [2.05, 4.69) is 34.1 Å². The lowest BCUT2D eigenvalue weighted by molar-refractivity contribution is -0.136. The number of nitrogens with one attached hydrogen (secondary N) is 3. The minimum absolute atomic E-state index is 0.0637. The maximum Gasteiger partial charge on any atom is 0.319 e. The van der Waals surface area contributed by atoms with Gasteiger partial charge in [0.15, 0.2) is 5.78 Å². The molecule has 0 bridgehead atoms. The fraction of sp³-hybridized carbons (Fsp3) is 0.429. The number of rotatable bonds is 9. The van der Waals surface area contributed by atoms with E-state index in [0.717, 1.165) is 53.3 Å². The molecule has 3 unspecified atom stereocenters. The van der Waals surface area contributed by atoms with E-state index in [0.29, 0.717) is 42.8 Å². The molecule has 236 valence electrons. The van der Waals surface area contributed by atoms with Crippen molar-refractivity contribution in [2.45, 2.75) is 76.0 Å². The van der Waals surface area contributed by atoms with Crippen LogP contribution in [0.4, 0.5) is 10.5 Å². The van der Waals surface area contributed by atoms with Crippen LogP contribution < -0.4 is 16.0 Å². The lowest BCUT2D eigenvalue weighted by atomic mass is 9.80. The molecule has 3 atom stereocenters. The minimum atomic E-state index is -1.13. The third-order valence-corrected chi connectivity index (χ3v) is 11.2. The summed E-state index contributed by atoms with van der Waals surface area (Å²) >= 11 is 0. The Morgan fingerprint density at radius 3 is 2.69 bits per heavy atom. The van der Waals surface area contributed by atoms with Crippen molar-refractivity contribution in [1.82, 2.24) is 14.9 Å². The Balaban J connectivity index is 1.04. The maximum atomic E-state index is 13.4. The van der Waals surface area contributed by atoms with Crippen molar-refractivity contribution in [1.29, 1.82) is 0 Å². The van der Waals surface area contributed by atoms with E-state index in [1.54, 1.807) is 0 Å². The van der Waals surface area contributed by atoms with Crippen molar-refractivity contribution in [3.05, 3.63) is 76.9 Å². The number of benzene rings is 3. The first kappa shape index (κ1) is 31.1. The standard InChI is InChI=1S/C35H40N4O5S/c1-35(2)17-3-4-19-39(35)45(44)21-22-8-5-10-24(20-22)37-34(43)36-18-7-9-23-13-14-27-30-25(23)11-6-12-26(30)31(32(27)41)28-15-16-29(40)38-33(28)42/h5-6,8,10-14,20,28,31H,3-4,7,9,15-19,21H2,1-2H3,(H2,36,37,43)(H,38,40,42). The van der Waals surface area contributed by atoms with Gasteiger partial charge in [0.25, 0.3) is 0 Å². The predicted molar refractivity (Wildman–Crippen MR) is 175 cm³/mol. The summed E-state index contributed by atoms with van der Waals surface area (Å²) in [4.78, 5) is 50.4. The monoisotopic (exact) mass is 628 g/mol. The van der Waals surface area contributed by atoms with Crippen LogP contribution in [-0.2, 0) is 32.7 Å². The summed E-state index contributed by atoms with van der Waals surface area (Å²) in [6, 6.07) is 16.9. The van der Waals surface area contributed by atoms with Crippen molar-refractivity contribution in [3.63, 3.8) is 0 Å². The van der Waals surface area contributed by atoms with Gasteiger partial charge in [-0.3, -0.25) is 19.7 Å². The predicted octanol–water partition coefficient (Wildman–Crippen LogP) is 5.36. The summed E-state index contributed by atoms with van der Waals surface area (Å²) in [5.41, 5.74) is 4.04. The lowest BCUT2D eigenvalue weighted by Gasteiger charge is -2.41.